The quantitative estimate of drug-likeness (QED) is 0.711. The molecule has 0 aromatic heterocycles. The Balaban J connectivity index is 1.49. The first kappa shape index (κ1) is 20.9. The van der Waals surface area contributed by atoms with Crippen LogP contribution in [0.25, 0.3) is 0 Å². The largest absolute Gasteiger partial charge is 0.457 e. The Morgan fingerprint density at radius 2 is 1.55 bits per heavy atom. The Hall–Kier alpha value is -2.82. The summed E-state index contributed by atoms with van der Waals surface area (Å²) < 4.78 is 5.78. The molecule has 154 valence electrons. The molecule has 3 rings (SSSR count). The number of likely N-dealkylation sites (tertiary alicyclic amines) is 1. The van der Waals surface area contributed by atoms with Crippen LogP contribution < -0.4 is 10.1 Å². The highest BCUT2D eigenvalue weighted by Crippen LogP contribution is 2.25. The molecule has 0 atom stereocenters. The molecule has 5 heteroatoms. The maximum Gasteiger partial charge on any atom is 0.227 e. The van der Waals surface area contributed by atoms with Crippen LogP contribution in [0.2, 0.25) is 0 Å². The Morgan fingerprint density at radius 3 is 2.14 bits per heavy atom. The Kier molecular flexibility index (Phi) is 7.28. The summed E-state index contributed by atoms with van der Waals surface area (Å²) >= 11 is 0. The summed E-state index contributed by atoms with van der Waals surface area (Å²) in [5.74, 6) is 1.82. The number of benzene rings is 2. The summed E-state index contributed by atoms with van der Waals surface area (Å²) in [6, 6.07) is 17.0. The lowest BCUT2D eigenvalue weighted by molar-refractivity contribution is -0.138. The SMILES string of the molecule is CCC(CC)C(=O)N1CCC(C(=O)Nc2ccc(Oc3ccccc3)cc2)CC1. The summed E-state index contributed by atoms with van der Waals surface area (Å²) in [7, 11) is 0. The lowest BCUT2D eigenvalue weighted by Crippen LogP contribution is -2.43. The van der Waals surface area contributed by atoms with Crippen molar-refractivity contribution in [3.05, 3.63) is 54.6 Å². The van der Waals surface area contributed by atoms with E-state index in [-0.39, 0.29) is 23.7 Å². The molecule has 0 saturated carbocycles. The Bertz CT molecular complexity index is 793. The number of hydrogen-bond donors (Lipinski definition) is 1. The highest BCUT2D eigenvalue weighted by molar-refractivity contribution is 5.92. The molecule has 1 aliphatic rings. The van der Waals surface area contributed by atoms with E-state index in [0.717, 1.165) is 30.0 Å². The van der Waals surface area contributed by atoms with E-state index in [1.54, 1.807) is 0 Å². The molecule has 29 heavy (non-hydrogen) atoms. The molecule has 2 amide bonds. The van der Waals surface area contributed by atoms with E-state index in [1.165, 1.54) is 0 Å². The number of ether oxygens (including phenoxy) is 1. The van der Waals surface area contributed by atoms with Gasteiger partial charge in [0.25, 0.3) is 0 Å². The van der Waals surface area contributed by atoms with Crippen LogP contribution >= 0.6 is 0 Å². The van der Waals surface area contributed by atoms with E-state index in [2.05, 4.69) is 19.2 Å². The molecule has 5 nitrogen and oxygen atoms in total. The number of para-hydroxylation sites is 1. The first-order valence-corrected chi connectivity index (χ1v) is 10.5. The highest BCUT2D eigenvalue weighted by Gasteiger charge is 2.29. The molecule has 1 heterocycles. The van der Waals surface area contributed by atoms with Crippen LogP contribution in [0.1, 0.15) is 39.5 Å². The summed E-state index contributed by atoms with van der Waals surface area (Å²) in [6.45, 7) is 5.44. The van der Waals surface area contributed by atoms with E-state index < -0.39 is 0 Å². The number of hydrogen-bond acceptors (Lipinski definition) is 3. The van der Waals surface area contributed by atoms with Crippen LogP contribution in [0.5, 0.6) is 11.5 Å². The molecular formula is C24H30N2O3. The Morgan fingerprint density at radius 1 is 0.966 bits per heavy atom. The van der Waals surface area contributed by atoms with Crippen molar-refractivity contribution in [1.29, 1.82) is 0 Å². The van der Waals surface area contributed by atoms with Crippen molar-refractivity contribution in [2.75, 3.05) is 18.4 Å². The van der Waals surface area contributed by atoms with Gasteiger partial charge in [0, 0.05) is 30.6 Å². The van der Waals surface area contributed by atoms with Gasteiger partial charge in [0.05, 0.1) is 0 Å². The van der Waals surface area contributed by atoms with Crippen molar-refractivity contribution in [3.63, 3.8) is 0 Å². The zero-order chi connectivity index (χ0) is 20.6. The fourth-order valence-electron chi connectivity index (χ4n) is 3.73. The summed E-state index contributed by atoms with van der Waals surface area (Å²) in [5.41, 5.74) is 0.756. The van der Waals surface area contributed by atoms with Crippen molar-refractivity contribution in [1.82, 2.24) is 4.90 Å². The number of amides is 2. The van der Waals surface area contributed by atoms with Crippen molar-refractivity contribution >= 4 is 17.5 Å². The van der Waals surface area contributed by atoms with E-state index in [0.29, 0.717) is 25.9 Å². The van der Waals surface area contributed by atoms with Crippen molar-refractivity contribution in [3.8, 4) is 11.5 Å². The molecule has 1 N–H and O–H groups in total. The van der Waals surface area contributed by atoms with E-state index in [9.17, 15) is 9.59 Å². The summed E-state index contributed by atoms with van der Waals surface area (Å²) in [5, 5.41) is 2.99. The van der Waals surface area contributed by atoms with Crippen molar-refractivity contribution in [2.24, 2.45) is 11.8 Å². The molecule has 0 bridgehead atoms. The smallest absolute Gasteiger partial charge is 0.227 e. The maximum absolute atomic E-state index is 12.6. The van der Waals surface area contributed by atoms with Gasteiger partial charge in [0.1, 0.15) is 11.5 Å². The normalized spacial score (nSPS) is 14.7. The second kappa shape index (κ2) is 10.1. The van der Waals surface area contributed by atoms with E-state index >= 15 is 0 Å². The number of rotatable bonds is 7. The van der Waals surface area contributed by atoms with Gasteiger partial charge in [-0.25, -0.2) is 0 Å². The molecular weight excluding hydrogens is 364 g/mol. The molecule has 0 spiro atoms. The lowest BCUT2D eigenvalue weighted by atomic mass is 9.93. The zero-order valence-electron chi connectivity index (χ0n) is 17.3. The molecule has 2 aromatic carbocycles. The van der Waals surface area contributed by atoms with Crippen LogP contribution in [0, 0.1) is 11.8 Å². The van der Waals surface area contributed by atoms with Gasteiger partial charge in [0.2, 0.25) is 11.8 Å². The standard InChI is InChI=1S/C24H30N2O3/c1-3-18(4-2)24(28)26-16-14-19(15-17-26)23(27)25-20-10-12-22(13-11-20)29-21-8-6-5-7-9-21/h5-13,18-19H,3-4,14-17H2,1-2H3,(H,25,27). The number of piperidine rings is 1. The van der Waals surface area contributed by atoms with Gasteiger partial charge in [-0.3, -0.25) is 9.59 Å². The third kappa shape index (κ3) is 5.59. The number of carbonyl (C=O) groups is 2. The predicted octanol–water partition coefficient (Wildman–Crippen LogP) is 5.09. The van der Waals surface area contributed by atoms with Crippen LogP contribution in [0.3, 0.4) is 0 Å². The fraction of sp³-hybridized carbons (Fsp3) is 0.417. The molecule has 2 aromatic rings. The van der Waals surface area contributed by atoms with Gasteiger partial charge in [-0.1, -0.05) is 32.0 Å². The minimum Gasteiger partial charge on any atom is -0.457 e. The third-order valence-electron chi connectivity index (χ3n) is 5.61. The monoisotopic (exact) mass is 394 g/mol. The van der Waals surface area contributed by atoms with Crippen molar-refractivity contribution in [2.45, 2.75) is 39.5 Å². The first-order chi connectivity index (χ1) is 14.1. The summed E-state index contributed by atoms with van der Waals surface area (Å²) in [6.07, 6.45) is 3.18. The minimum absolute atomic E-state index is 0.0244. The number of anilines is 1. The van der Waals surface area contributed by atoms with Crippen LogP contribution in [0.4, 0.5) is 5.69 Å². The topological polar surface area (TPSA) is 58.6 Å². The first-order valence-electron chi connectivity index (χ1n) is 10.5. The fourth-order valence-corrected chi connectivity index (χ4v) is 3.73. The lowest BCUT2D eigenvalue weighted by Gasteiger charge is -2.33. The van der Waals surface area contributed by atoms with Gasteiger partial charge >= 0.3 is 0 Å². The average Bonchev–Trinajstić information content (AvgIpc) is 2.76. The van der Waals surface area contributed by atoms with Crippen LogP contribution in [0.15, 0.2) is 54.6 Å². The van der Waals surface area contributed by atoms with E-state index in [1.807, 2.05) is 59.5 Å². The second-order valence-electron chi connectivity index (χ2n) is 7.54. The van der Waals surface area contributed by atoms with Crippen LogP contribution in [-0.2, 0) is 9.59 Å². The predicted molar refractivity (Wildman–Crippen MR) is 115 cm³/mol. The minimum atomic E-state index is -0.0546. The molecule has 1 fully saturated rings. The van der Waals surface area contributed by atoms with Gasteiger partial charge in [-0.05, 0) is 62.1 Å². The molecule has 0 unspecified atom stereocenters. The number of nitrogens with one attached hydrogen (secondary N) is 1. The summed E-state index contributed by atoms with van der Waals surface area (Å²) in [4.78, 5) is 27.1. The molecule has 1 saturated heterocycles. The highest BCUT2D eigenvalue weighted by atomic mass is 16.5. The molecule has 0 radical (unpaired) electrons. The maximum atomic E-state index is 12.6. The number of nitrogens with zero attached hydrogens (tertiary/aromatic N) is 1. The molecule has 0 aliphatic carbocycles. The van der Waals surface area contributed by atoms with Gasteiger partial charge < -0.3 is 15.0 Å². The van der Waals surface area contributed by atoms with Gasteiger partial charge in [-0.2, -0.15) is 0 Å². The molecule has 1 aliphatic heterocycles. The van der Waals surface area contributed by atoms with Crippen LogP contribution in [-0.4, -0.2) is 29.8 Å². The van der Waals surface area contributed by atoms with Gasteiger partial charge in [0.15, 0.2) is 0 Å². The third-order valence-corrected chi connectivity index (χ3v) is 5.61. The number of carbonyl (C=O) groups excluding carboxylic acids is 2. The average molecular weight is 395 g/mol. The second-order valence-corrected chi connectivity index (χ2v) is 7.54. The Labute approximate surface area is 173 Å². The van der Waals surface area contributed by atoms with E-state index in [4.69, 9.17) is 4.74 Å². The van der Waals surface area contributed by atoms with Gasteiger partial charge in [-0.15, -0.1) is 0 Å². The zero-order valence-corrected chi connectivity index (χ0v) is 17.3. The van der Waals surface area contributed by atoms with Crippen molar-refractivity contribution < 1.29 is 14.3 Å².